The maximum absolute atomic E-state index is 12.6. The largest absolute Gasteiger partial charge is 0.394 e. The predicted molar refractivity (Wildman–Crippen MR) is 53.9 cm³/mol. The van der Waals surface area contributed by atoms with E-state index >= 15 is 0 Å². The third-order valence-electron chi connectivity index (χ3n) is 2.09. The molecule has 0 spiro atoms. The van der Waals surface area contributed by atoms with Gasteiger partial charge < -0.3 is 14.9 Å². The molecule has 0 aromatic heterocycles. The van der Waals surface area contributed by atoms with Crippen LogP contribution in [0.3, 0.4) is 0 Å². The van der Waals surface area contributed by atoms with Gasteiger partial charge in [0.2, 0.25) is 0 Å². The third kappa shape index (κ3) is 3.95. The maximum atomic E-state index is 12.6. The van der Waals surface area contributed by atoms with Crippen LogP contribution in [0, 0.1) is 5.82 Å². The van der Waals surface area contributed by atoms with Crippen molar-refractivity contribution in [2.75, 3.05) is 13.2 Å². The molecule has 0 aliphatic carbocycles. The first kappa shape index (κ1) is 12.1. The minimum Gasteiger partial charge on any atom is -0.394 e. The molecule has 0 fully saturated rings. The Labute approximate surface area is 88.1 Å². The molecular weight excluding hydrogens is 199 g/mol. The first-order valence-corrected chi connectivity index (χ1v) is 4.79. The molecule has 1 rings (SSSR count). The number of halogens is 1. The van der Waals surface area contributed by atoms with Crippen molar-refractivity contribution >= 4 is 0 Å². The van der Waals surface area contributed by atoms with E-state index in [0.717, 1.165) is 5.56 Å². The summed E-state index contributed by atoms with van der Waals surface area (Å²) >= 11 is 0. The average molecular weight is 214 g/mol. The summed E-state index contributed by atoms with van der Waals surface area (Å²) < 4.78 is 17.9. The summed E-state index contributed by atoms with van der Waals surface area (Å²) in [6.07, 6.45) is -1.10. The first-order valence-electron chi connectivity index (χ1n) is 4.79. The normalized spacial score (nSPS) is 14.9. The van der Waals surface area contributed by atoms with Gasteiger partial charge in [-0.1, -0.05) is 12.1 Å². The van der Waals surface area contributed by atoms with E-state index in [1.807, 2.05) is 0 Å². The quantitative estimate of drug-likeness (QED) is 0.775. The molecule has 0 amide bonds. The van der Waals surface area contributed by atoms with Gasteiger partial charge in [0.25, 0.3) is 0 Å². The summed E-state index contributed by atoms with van der Waals surface area (Å²) in [7, 11) is 0. The Morgan fingerprint density at radius 3 is 2.47 bits per heavy atom. The summed E-state index contributed by atoms with van der Waals surface area (Å²) in [6.45, 7) is 1.54. The molecule has 1 unspecified atom stereocenters. The van der Waals surface area contributed by atoms with Crippen LogP contribution in [-0.4, -0.2) is 29.5 Å². The van der Waals surface area contributed by atoms with Crippen molar-refractivity contribution < 1.29 is 19.3 Å². The molecule has 2 atom stereocenters. The Bertz CT molecular complexity index is 286. The predicted octanol–water partition coefficient (Wildman–Crippen LogP) is 1.26. The van der Waals surface area contributed by atoms with E-state index in [9.17, 15) is 4.39 Å². The van der Waals surface area contributed by atoms with E-state index in [1.54, 1.807) is 19.1 Å². The number of benzene rings is 1. The Balaban J connectivity index is 2.46. The van der Waals surface area contributed by atoms with Crippen LogP contribution in [0.4, 0.5) is 4.39 Å². The van der Waals surface area contributed by atoms with Gasteiger partial charge in [-0.15, -0.1) is 0 Å². The van der Waals surface area contributed by atoms with Gasteiger partial charge in [-0.25, -0.2) is 4.39 Å². The Hall–Kier alpha value is -0.970. The molecule has 2 N–H and O–H groups in total. The van der Waals surface area contributed by atoms with Crippen LogP contribution < -0.4 is 0 Å². The summed E-state index contributed by atoms with van der Waals surface area (Å²) in [4.78, 5) is 0. The van der Waals surface area contributed by atoms with Crippen LogP contribution >= 0.6 is 0 Å². The van der Waals surface area contributed by atoms with Crippen molar-refractivity contribution in [3.8, 4) is 0 Å². The lowest BCUT2D eigenvalue weighted by molar-refractivity contribution is -0.0235. The van der Waals surface area contributed by atoms with Gasteiger partial charge in [-0.3, -0.25) is 0 Å². The van der Waals surface area contributed by atoms with Crippen LogP contribution in [0.2, 0.25) is 0 Å². The molecule has 0 saturated carbocycles. The topological polar surface area (TPSA) is 49.7 Å². The molecule has 0 radical (unpaired) electrons. The highest BCUT2D eigenvalue weighted by molar-refractivity contribution is 5.18. The fourth-order valence-electron chi connectivity index (χ4n) is 1.14. The van der Waals surface area contributed by atoms with Crippen LogP contribution in [0.25, 0.3) is 0 Å². The van der Waals surface area contributed by atoms with Crippen LogP contribution in [-0.2, 0) is 4.74 Å². The Kier molecular flexibility index (Phi) is 4.68. The van der Waals surface area contributed by atoms with Gasteiger partial charge in [0.05, 0.1) is 19.3 Å². The van der Waals surface area contributed by atoms with Crippen LogP contribution in [0.15, 0.2) is 24.3 Å². The van der Waals surface area contributed by atoms with E-state index < -0.39 is 6.10 Å². The fraction of sp³-hybridized carbons (Fsp3) is 0.455. The molecular formula is C11H15FO3. The number of hydrogen-bond acceptors (Lipinski definition) is 3. The number of rotatable bonds is 5. The lowest BCUT2D eigenvalue weighted by Crippen LogP contribution is -2.20. The van der Waals surface area contributed by atoms with Crippen molar-refractivity contribution in [2.45, 2.75) is 19.1 Å². The highest BCUT2D eigenvalue weighted by atomic mass is 19.1. The smallest absolute Gasteiger partial charge is 0.123 e. The standard InChI is InChI=1S/C11H15FO3/c1-8(15-7-11(14)6-13)9-2-4-10(12)5-3-9/h2-5,8,11,13-14H,6-7H2,1H3/t8-,11?/m0/s1. The number of hydrogen-bond donors (Lipinski definition) is 2. The van der Waals surface area contributed by atoms with Crippen molar-refractivity contribution in [2.24, 2.45) is 0 Å². The molecule has 0 heterocycles. The molecule has 1 aromatic rings. The van der Waals surface area contributed by atoms with Crippen molar-refractivity contribution in [1.29, 1.82) is 0 Å². The van der Waals surface area contributed by atoms with Gasteiger partial charge in [0.15, 0.2) is 0 Å². The second-order valence-electron chi connectivity index (χ2n) is 3.36. The summed E-state index contributed by atoms with van der Waals surface area (Å²) in [5.41, 5.74) is 0.835. The molecule has 4 heteroatoms. The van der Waals surface area contributed by atoms with Gasteiger partial charge in [-0.2, -0.15) is 0 Å². The van der Waals surface area contributed by atoms with Crippen molar-refractivity contribution in [3.05, 3.63) is 35.6 Å². The minimum atomic E-state index is -0.868. The maximum Gasteiger partial charge on any atom is 0.123 e. The van der Waals surface area contributed by atoms with Crippen LogP contribution in [0.1, 0.15) is 18.6 Å². The van der Waals surface area contributed by atoms with Gasteiger partial charge in [0, 0.05) is 0 Å². The van der Waals surface area contributed by atoms with E-state index in [2.05, 4.69) is 0 Å². The molecule has 15 heavy (non-hydrogen) atoms. The number of ether oxygens (including phenoxy) is 1. The zero-order valence-electron chi connectivity index (χ0n) is 8.56. The lowest BCUT2D eigenvalue weighted by atomic mass is 10.1. The SMILES string of the molecule is C[C@H](OCC(O)CO)c1ccc(F)cc1. The van der Waals surface area contributed by atoms with Crippen LogP contribution in [0.5, 0.6) is 0 Å². The second-order valence-corrected chi connectivity index (χ2v) is 3.36. The fourth-order valence-corrected chi connectivity index (χ4v) is 1.14. The Morgan fingerprint density at radius 1 is 1.33 bits per heavy atom. The number of aliphatic hydroxyl groups is 2. The molecule has 1 aromatic carbocycles. The zero-order chi connectivity index (χ0) is 11.3. The Morgan fingerprint density at radius 2 is 1.93 bits per heavy atom. The van der Waals surface area contributed by atoms with Crippen molar-refractivity contribution in [3.63, 3.8) is 0 Å². The van der Waals surface area contributed by atoms with Crippen molar-refractivity contribution in [1.82, 2.24) is 0 Å². The van der Waals surface area contributed by atoms with Gasteiger partial charge in [0.1, 0.15) is 11.9 Å². The molecule has 84 valence electrons. The molecule has 3 nitrogen and oxygen atoms in total. The summed E-state index contributed by atoms with van der Waals surface area (Å²) in [5.74, 6) is -0.290. The highest BCUT2D eigenvalue weighted by Crippen LogP contribution is 2.16. The van der Waals surface area contributed by atoms with E-state index in [0.29, 0.717) is 0 Å². The molecule has 0 aliphatic heterocycles. The van der Waals surface area contributed by atoms with Gasteiger partial charge in [-0.05, 0) is 24.6 Å². The summed E-state index contributed by atoms with van der Waals surface area (Å²) in [6, 6.07) is 5.98. The molecule has 0 aliphatic rings. The van der Waals surface area contributed by atoms with E-state index in [-0.39, 0.29) is 25.1 Å². The third-order valence-corrected chi connectivity index (χ3v) is 2.09. The average Bonchev–Trinajstić information content (AvgIpc) is 2.26. The monoisotopic (exact) mass is 214 g/mol. The minimum absolute atomic E-state index is 0.0645. The second kappa shape index (κ2) is 5.80. The van der Waals surface area contributed by atoms with E-state index in [4.69, 9.17) is 14.9 Å². The molecule has 0 saturated heterocycles. The highest BCUT2D eigenvalue weighted by Gasteiger charge is 2.08. The lowest BCUT2D eigenvalue weighted by Gasteiger charge is -2.15. The zero-order valence-corrected chi connectivity index (χ0v) is 8.56. The first-order chi connectivity index (χ1) is 7.13. The number of aliphatic hydroxyl groups excluding tert-OH is 2. The summed E-state index contributed by atoms with van der Waals surface area (Å²) in [5, 5.41) is 17.6. The van der Waals surface area contributed by atoms with E-state index in [1.165, 1.54) is 12.1 Å². The van der Waals surface area contributed by atoms with Gasteiger partial charge >= 0.3 is 0 Å². The molecule has 0 bridgehead atoms.